The monoisotopic (exact) mass is 210 g/mol. The molecule has 1 rings (SSSR count). The zero-order chi connectivity index (χ0) is 10.8. The molecule has 0 bridgehead atoms. The zero-order valence-electron chi connectivity index (χ0n) is 8.57. The fourth-order valence-corrected chi connectivity index (χ4v) is 1.48. The molecule has 0 aromatic carbocycles. The first-order valence-electron chi connectivity index (χ1n) is 4.39. The Labute approximate surface area is 87.9 Å². The molecule has 0 saturated carbocycles. The molecule has 1 aromatic rings. The molecule has 3 heteroatoms. The zero-order valence-corrected chi connectivity index (χ0v) is 9.39. The lowest BCUT2D eigenvalue weighted by molar-refractivity contribution is -0.121. The van der Waals surface area contributed by atoms with Crippen LogP contribution in [0.15, 0.2) is 22.9 Å². The molecule has 1 heterocycles. The number of ketones is 1. The highest BCUT2D eigenvalue weighted by atomic mass is 32.1. The van der Waals surface area contributed by atoms with Crippen molar-refractivity contribution in [1.29, 1.82) is 0 Å². The highest BCUT2D eigenvalue weighted by molar-refractivity contribution is 7.08. The van der Waals surface area contributed by atoms with Gasteiger partial charge in [0.2, 0.25) is 0 Å². The van der Waals surface area contributed by atoms with Crippen LogP contribution >= 0.6 is 11.3 Å². The average Bonchev–Trinajstić information content (AvgIpc) is 2.53. The number of aliphatic hydroxyl groups excluding tert-OH is 1. The minimum atomic E-state index is -0.440. The number of carbonyl (C=O) groups is 1. The minimum Gasteiger partial charge on any atom is -0.507 e. The molecule has 0 aliphatic heterocycles. The first kappa shape index (κ1) is 11.0. The van der Waals surface area contributed by atoms with E-state index in [1.807, 2.05) is 31.5 Å². The van der Waals surface area contributed by atoms with E-state index in [0.29, 0.717) is 5.56 Å². The first-order valence-corrected chi connectivity index (χ1v) is 5.33. The standard InChI is InChI=1S/C11H14O2S/c1-11(2,3)10(13)6-9(12)8-4-5-14-7-8/h4-7,12H,1-3H3. The predicted molar refractivity (Wildman–Crippen MR) is 59.4 cm³/mol. The minimum absolute atomic E-state index is 0.0474. The summed E-state index contributed by atoms with van der Waals surface area (Å²) in [5, 5.41) is 13.3. The van der Waals surface area contributed by atoms with Gasteiger partial charge in [-0.3, -0.25) is 4.79 Å². The van der Waals surface area contributed by atoms with E-state index in [2.05, 4.69) is 0 Å². The van der Waals surface area contributed by atoms with Gasteiger partial charge in [-0.05, 0) is 11.4 Å². The Bertz CT molecular complexity index is 342. The van der Waals surface area contributed by atoms with Crippen LogP contribution in [0, 0.1) is 5.41 Å². The second-order valence-electron chi connectivity index (χ2n) is 4.16. The van der Waals surface area contributed by atoms with Crippen LogP contribution in [0.2, 0.25) is 0 Å². The summed E-state index contributed by atoms with van der Waals surface area (Å²) in [5.74, 6) is -0.0209. The van der Waals surface area contributed by atoms with Gasteiger partial charge in [-0.15, -0.1) is 0 Å². The maximum atomic E-state index is 11.5. The molecule has 1 N–H and O–H groups in total. The third-order valence-electron chi connectivity index (χ3n) is 1.82. The molecule has 0 aliphatic rings. The summed E-state index contributed by atoms with van der Waals surface area (Å²) < 4.78 is 0. The Hall–Kier alpha value is -1.09. The number of carbonyl (C=O) groups excluding carboxylic acids is 1. The number of hydrogen-bond donors (Lipinski definition) is 1. The van der Waals surface area contributed by atoms with E-state index < -0.39 is 5.41 Å². The van der Waals surface area contributed by atoms with Gasteiger partial charge in [0.25, 0.3) is 0 Å². The van der Waals surface area contributed by atoms with Crippen LogP contribution in [0.4, 0.5) is 0 Å². The summed E-state index contributed by atoms with van der Waals surface area (Å²) >= 11 is 1.49. The van der Waals surface area contributed by atoms with Crippen molar-refractivity contribution in [2.24, 2.45) is 5.41 Å². The molecule has 0 atom stereocenters. The van der Waals surface area contributed by atoms with E-state index >= 15 is 0 Å². The fourth-order valence-electron chi connectivity index (χ4n) is 0.834. The molecule has 14 heavy (non-hydrogen) atoms. The van der Waals surface area contributed by atoms with Crippen LogP contribution in [0.1, 0.15) is 26.3 Å². The summed E-state index contributed by atoms with van der Waals surface area (Å²) in [5.41, 5.74) is 0.261. The van der Waals surface area contributed by atoms with Gasteiger partial charge in [0.05, 0.1) is 0 Å². The maximum Gasteiger partial charge on any atom is 0.164 e. The van der Waals surface area contributed by atoms with Gasteiger partial charge in [0.1, 0.15) is 5.76 Å². The molecule has 0 saturated heterocycles. The Balaban J connectivity index is 2.85. The molecule has 0 radical (unpaired) electrons. The van der Waals surface area contributed by atoms with Crippen LogP contribution < -0.4 is 0 Å². The van der Waals surface area contributed by atoms with Crippen LogP contribution in [0.3, 0.4) is 0 Å². The molecule has 76 valence electrons. The molecular formula is C11H14O2S. The Kier molecular flexibility index (Phi) is 3.11. The average molecular weight is 210 g/mol. The van der Waals surface area contributed by atoms with Gasteiger partial charge in [-0.2, -0.15) is 11.3 Å². The lowest BCUT2D eigenvalue weighted by Crippen LogP contribution is -2.17. The van der Waals surface area contributed by atoms with Crippen molar-refractivity contribution in [2.45, 2.75) is 20.8 Å². The van der Waals surface area contributed by atoms with Crippen molar-refractivity contribution in [1.82, 2.24) is 0 Å². The second-order valence-corrected chi connectivity index (χ2v) is 4.94. The van der Waals surface area contributed by atoms with Gasteiger partial charge in [0.15, 0.2) is 5.78 Å². The molecule has 0 unspecified atom stereocenters. The molecule has 0 spiro atoms. The number of allylic oxidation sites excluding steroid dienone is 1. The van der Waals surface area contributed by atoms with Crippen LogP contribution in [-0.4, -0.2) is 10.9 Å². The van der Waals surface area contributed by atoms with E-state index in [9.17, 15) is 9.90 Å². The summed E-state index contributed by atoms with van der Waals surface area (Å²) in [7, 11) is 0. The molecule has 0 aliphatic carbocycles. The van der Waals surface area contributed by atoms with Crippen molar-refractivity contribution in [3.8, 4) is 0 Å². The highest BCUT2D eigenvalue weighted by Gasteiger charge is 2.19. The Morgan fingerprint density at radius 2 is 2.14 bits per heavy atom. The van der Waals surface area contributed by atoms with Crippen molar-refractivity contribution < 1.29 is 9.90 Å². The van der Waals surface area contributed by atoms with Crippen molar-refractivity contribution in [3.63, 3.8) is 0 Å². The molecule has 0 amide bonds. The van der Waals surface area contributed by atoms with Crippen molar-refractivity contribution in [2.75, 3.05) is 0 Å². The quantitative estimate of drug-likeness (QED) is 0.601. The van der Waals surface area contributed by atoms with E-state index in [4.69, 9.17) is 0 Å². The van der Waals surface area contributed by atoms with E-state index in [1.165, 1.54) is 17.4 Å². The van der Waals surface area contributed by atoms with E-state index in [-0.39, 0.29) is 11.5 Å². The molecule has 0 fully saturated rings. The lowest BCUT2D eigenvalue weighted by atomic mass is 9.90. The SMILES string of the molecule is CC(C)(C)C(=O)C=C(O)c1ccsc1. The van der Waals surface area contributed by atoms with E-state index in [1.54, 1.807) is 6.07 Å². The van der Waals surface area contributed by atoms with Crippen LogP contribution in [0.25, 0.3) is 5.76 Å². The summed E-state index contributed by atoms with van der Waals surface area (Å²) in [6.07, 6.45) is 1.29. The lowest BCUT2D eigenvalue weighted by Gasteiger charge is -2.13. The summed E-state index contributed by atoms with van der Waals surface area (Å²) in [6.45, 7) is 5.48. The smallest absolute Gasteiger partial charge is 0.164 e. The molecular weight excluding hydrogens is 196 g/mol. The Morgan fingerprint density at radius 1 is 1.50 bits per heavy atom. The van der Waals surface area contributed by atoms with Gasteiger partial charge < -0.3 is 5.11 Å². The van der Waals surface area contributed by atoms with Crippen molar-refractivity contribution >= 4 is 22.9 Å². The van der Waals surface area contributed by atoms with Gasteiger partial charge in [0, 0.05) is 22.4 Å². The third-order valence-corrected chi connectivity index (χ3v) is 2.51. The predicted octanol–water partition coefficient (Wildman–Crippen LogP) is 3.26. The second kappa shape index (κ2) is 3.96. The number of hydrogen-bond acceptors (Lipinski definition) is 3. The topological polar surface area (TPSA) is 37.3 Å². The van der Waals surface area contributed by atoms with Crippen LogP contribution in [-0.2, 0) is 4.79 Å². The summed E-state index contributed by atoms with van der Waals surface area (Å²) in [4.78, 5) is 11.5. The van der Waals surface area contributed by atoms with Crippen molar-refractivity contribution in [3.05, 3.63) is 28.5 Å². The largest absolute Gasteiger partial charge is 0.507 e. The first-order chi connectivity index (χ1) is 6.41. The van der Waals surface area contributed by atoms with Gasteiger partial charge >= 0.3 is 0 Å². The summed E-state index contributed by atoms with van der Waals surface area (Å²) in [6, 6.07) is 1.78. The Morgan fingerprint density at radius 3 is 2.57 bits per heavy atom. The van der Waals surface area contributed by atoms with Gasteiger partial charge in [-0.1, -0.05) is 20.8 Å². The number of aliphatic hydroxyl groups is 1. The van der Waals surface area contributed by atoms with E-state index in [0.717, 1.165) is 0 Å². The molecule has 2 nitrogen and oxygen atoms in total. The number of thiophene rings is 1. The number of rotatable bonds is 2. The third kappa shape index (κ3) is 2.70. The normalized spacial score (nSPS) is 12.9. The maximum absolute atomic E-state index is 11.5. The molecule has 1 aromatic heterocycles. The fraction of sp³-hybridized carbons (Fsp3) is 0.364. The van der Waals surface area contributed by atoms with Gasteiger partial charge in [-0.25, -0.2) is 0 Å². The van der Waals surface area contributed by atoms with Crippen LogP contribution in [0.5, 0.6) is 0 Å². The highest BCUT2D eigenvalue weighted by Crippen LogP contribution is 2.20.